The quantitative estimate of drug-likeness (QED) is 0.608. The Morgan fingerprint density at radius 2 is 2.45 bits per heavy atom. The molecule has 0 saturated heterocycles. The van der Waals surface area contributed by atoms with Crippen LogP contribution in [-0.4, -0.2) is 4.98 Å². The molecular weight excluding hydrogens is 143 g/mol. The molecule has 1 heterocycles. The number of nitriles is 1. The lowest BCUT2D eigenvalue weighted by Gasteiger charge is -1.96. The van der Waals surface area contributed by atoms with Gasteiger partial charge in [-0.25, -0.2) is 9.37 Å². The maximum atomic E-state index is 12.5. The summed E-state index contributed by atoms with van der Waals surface area (Å²) in [5.41, 5.74) is 0.793. The monoisotopic (exact) mass is 149 g/mol. The van der Waals surface area contributed by atoms with E-state index in [1.54, 1.807) is 13.3 Å². The van der Waals surface area contributed by atoms with E-state index < -0.39 is 5.82 Å². The molecule has 1 aromatic rings. The molecule has 0 N–H and O–H groups in total. The zero-order valence-corrected chi connectivity index (χ0v) is 6.00. The molecule has 0 bridgehead atoms. The number of pyridine rings is 1. The minimum atomic E-state index is -0.419. The summed E-state index contributed by atoms with van der Waals surface area (Å²) in [4.78, 5) is 3.60. The lowest BCUT2D eigenvalue weighted by atomic mass is 10.1. The van der Waals surface area contributed by atoms with Crippen LogP contribution in [0.25, 0.3) is 0 Å². The van der Waals surface area contributed by atoms with Crippen molar-refractivity contribution >= 4 is 0 Å². The molecule has 0 atom stereocenters. The lowest BCUT2D eigenvalue weighted by Crippen LogP contribution is -1.91. The van der Waals surface area contributed by atoms with Gasteiger partial charge >= 0.3 is 0 Å². The van der Waals surface area contributed by atoms with Gasteiger partial charge in [0.2, 0.25) is 0 Å². The van der Waals surface area contributed by atoms with Crippen LogP contribution in [-0.2, 0) is 0 Å². The Morgan fingerprint density at radius 1 is 1.73 bits per heavy atom. The van der Waals surface area contributed by atoms with Crippen molar-refractivity contribution < 1.29 is 4.39 Å². The molecule has 1 radical (unpaired) electrons. The molecule has 0 spiro atoms. The molecule has 0 aromatic carbocycles. The van der Waals surface area contributed by atoms with Gasteiger partial charge < -0.3 is 0 Å². The number of aromatic nitrogens is 1. The first kappa shape index (κ1) is 7.67. The molecular formula is C8H6FN2. The van der Waals surface area contributed by atoms with Crippen molar-refractivity contribution in [2.24, 2.45) is 0 Å². The molecule has 0 amide bonds. The number of hydrogen-bond acceptors (Lipinski definition) is 2. The highest BCUT2D eigenvalue weighted by atomic mass is 19.1. The maximum absolute atomic E-state index is 12.5. The van der Waals surface area contributed by atoms with Gasteiger partial charge in [-0.3, -0.25) is 0 Å². The van der Waals surface area contributed by atoms with Gasteiger partial charge in [0.1, 0.15) is 17.6 Å². The zero-order chi connectivity index (χ0) is 8.27. The van der Waals surface area contributed by atoms with E-state index in [4.69, 9.17) is 5.26 Å². The summed E-state index contributed by atoms with van der Waals surface area (Å²) in [6.45, 7) is 1.73. The van der Waals surface area contributed by atoms with Crippen molar-refractivity contribution in [3.8, 4) is 6.07 Å². The van der Waals surface area contributed by atoms with Crippen LogP contribution >= 0.6 is 0 Å². The smallest absolute Gasteiger partial charge is 0.144 e. The summed E-state index contributed by atoms with van der Waals surface area (Å²) in [5.74, 6) is -0.419. The molecule has 0 fully saturated rings. The first-order valence-electron chi connectivity index (χ1n) is 3.13. The van der Waals surface area contributed by atoms with Gasteiger partial charge in [0.05, 0.1) is 6.20 Å². The molecule has 0 aliphatic rings. The predicted octanol–water partition coefficient (Wildman–Crippen LogP) is 1.66. The highest BCUT2D eigenvalue weighted by Gasteiger charge is 2.01. The molecule has 0 aliphatic carbocycles. The summed E-state index contributed by atoms with van der Waals surface area (Å²) >= 11 is 0. The van der Waals surface area contributed by atoms with Gasteiger partial charge in [-0.1, -0.05) is 6.92 Å². The predicted molar refractivity (Wildman–Crippen MR) is 38.0 cm³/mol. The fourth-order valence-corrected chi connectivity index (χ4v) is 0.768. The molecule has 11 heavy (non-hydrogen) atoms. The summed E-state index contributed by atoms with van der Waals surface area (Å²) in [6, 6.07) is 3.15. The van der Waals surface area contributed by atoms with Gasteiger partial charge in [0, 0.05) is 0 Å². The summed E-state index contributed by atoms with van der Waals surface area (Å²) in [6.07, 6.45) is 2.68. The Hall–Kier alpha value is -1.43. The molecule has 1 rings (SSSR count). The fraction of sp³-hybridized carbons (Fsp3) is 0.125. The van der Waals surface area contributed by atoms with E-state index in [0.29, 0.717) is 5.56 Å². The molecule has 0 saturated carbocycles. The van der Waals surface area contributed by atoms with E-state index in [-0.39, 0.29) is 5.69 Å². The third-order valence-corrected chi connectivity index (χ3v) is 1.30. The number of halogens is 1. The molecule has 0 unspecified atom stereocenters. The second-order valence-corrected chi connectivity index (χ2v) is 1.99. The Kier molecular flexibility index (Phi) is 2.17. The molecule has 2 nitrogen and oxygen atoms in total. The van der Waals surface area contributed by atoms with Crippen molar-refractivity contribution in [3.63, 3.8) is 0 Å². The van der Waals surface area contributed by atoms with Crippen molar-refractivity contribution in [3.05, 3.63) is 35.8 Å². The number of nitrogens with zero attached hydrogens (tertiary/aromatic N) is 2. The van der Waals surface area contributed by atoms with E-state index in [2.05, 4.69) is 4.98 Å². The Bertz CT molecular complexity index is 301. The third kappa shape index (κ3) is 1.53. The fourth-order valence-electron chi connectivity index (χ4n) is 0.768. The number of hydrogen-bond donors (Lipinski definition) is 0. The van der Waals surface area contributed by atoms with Crippen LogP contribution < -0.4 is 0 Å². The first-order chi connectivity index (χ1) is 5.27. The first-order valence-corrected chi connectivity index (χ1v) is 3.13. The van der Waals surface area contributed by atoms with Crippen LogP contribution in [0.15, 0.2) is 12.3 Å². The van der Waals surface area contributed by atoms with Crippen LogP contribution in [0, 0.1) is 23.6 Å². The van der Waals surface area contributed by atoms with Gasteiger partial charge in [-0.2, -0.15) is 5.26 Å². The average molecular weight is 149 g/mol. The van der Waals surface area contributed by atoms with Gasteiger partial charge in [-0.05, 0) is 18.1 Å². The number of rotatable bonds is 1. The Morgan fingerprint density at radius 3 is 3.00 bits per heavy atom. The molecule has 0 aliphatic heterocycles. The molecule has 1 aromatic heterocycles. The maximum Gasteiger partial charge on any atom is 0.144 e. The Labute approximate surface area is 64.3 Å². The van der Waals surface area contributed by atoms with Crippen LogP contribution in [0.3, 0.4) is 0 Å². The highest BCUT2D eigenvalue weighted by Crippen LogP contribution is 2.08. The SMILES string of the molecule is C[CH]c1cc(F)cnc1C#N. The average Bonchev–Trinajstić information content (AvgIpc) is 2.04. The lowest BCUT2D eigenvalue weighted by molar-refractivity contribution is 0.619. The van der Waals surface area contributed by atoms with Crippen LogP contribution in [0.1, 0.15) is 18.2 Å². The van der Waals surface area contributed by atoms with Gasteiger partial charge in [-0.15, -0.1) is 0 Å². The van der Waals surface area contributed by atoms with E-state index >= 15 is 0 Å². The van der Waals surface area contributed by atoms with E-state index in [1.807, 2.05) is 6.07 Å². The van der Waals surface area contributed by atoms with E-state index in [9.17, 15) is 4.39 Å². The largest absolute Gasteiger partial charge is 0.242 e. The van der Waals surface area contributed by atoms with Crippen LogP contribution in [0.4, 0.5) is 4.39 Å². The minimum absolute atomic E-state index is 0.258. The summed E-state index contributed by atoms with van der Waals surface area (Å²) in [7, 11) is 0. The van der Waals surface area contributed by atoms with Crippen molar-refractivity contribution in [1.29, 1.82) is 5.26 Å². The van der Waals surface area contributed by atoms with Gasteiger partial charge in [0.25, 0.3) is 0 Å². The zero-order valence-electron chi connectivity index (χ0n) is 6.00. The van der Waals surface area contributed by atoms with Gasteiger partial charge in [0.15, 0.2) is 0 Å². The normalized spacial score (nSPS) is 9.18. The molecule has 3 heteroatoms. The van der Waals surface area contributed by atoms with Crippen LogP contribution in [0.2, 0.25) is 0 Å². The van der Waals surface area contributed by atoms with Crippen LogP contribution in [0.5, 0.6) is 0 Å². The topological polar surface area (TPSA) is 36.7 Å². The second kappa shape index (κ2) is 3.11. The second-order valence-electron chi connectivity index (χ2n) is 1.99. The summed E-state index contributed by atoms with van der Waals surface area (Å²) in [5, 5.41) is 8.49. The summed E-state index contributed by atoms with van der Waals surface area (Å²) < 4.78 is 12.5. The highest BCUT2D eigenvalue weighted by molar-refractivity contribution is 5.35. The standard InChI is InChI=1S/C8H6FN2/c1-2-6-3-7(9)5-11-8(6)4-10/h2-3,5H,1H3. The minimum Gasteiger partial charge on any atom is -0.242 e. The van der Waals surface area contributed by atoms with Crippen molar-refractivity contribution in [1.82, 2.24) is 4.98 Å². The van der Waals surface area contributed by atoms with Crippen molar-refractivity contribution in [2.75, 3.05) is 0 Å². The molecule has 55 valence electrons. The third-order valence-electron chi connectivity index (χ3n) is 1.30. The van der Waals surface area contributed by atoms with Crippen molar-refractivity contribution in [2.45, 2.75) is 6.92 Å². The Balaban J connectivity index is 3.19. The van der Waals surface area contributed by atoms with E-state index in [1.165, 1.54) is 6.07 Å². The van der Waals surface area contributed by atoms with E-state index in [0.717, 1.165) is 6.20 Å².